The first-order valence-corrected chi connectivity index (χ1v) is 7.94. The highest BCUT2D eigenvalue weighted by atomic mass is 16.3. The number of carbonyl (C=O) groups excluding carboxylic acids is 1. The molecule has 0 spiro atoms. The van der Waals surface area contributed by atoms with Crippen molar-refractivity contribution in [3.05, 3.63) is 42.0 Å². The van der Waals surface area contributed by atoms with Crippen LogP contribution >= 0.6 is 0 Å². The lowest BCUT2D eigenvalue weighted by atomic mass is 9.91. The Labute approximate surface area is 127 Å². The predicted molar refractivity (Wildman–Crippen MR) is 85.7 cm³/mol. The van der Waals surface area contributed by atoms with E-state index in [0.29, 0.717) is 6.54 Å². The molecule has 1 amide bonds. The summed E-state index contributed by atoms with van der Waals surface area (Å²) < 4.78 is 0. The van der Waals surface area contributed by atoms with Crippen LogP contribution in [0.4, 0.5) is 0 Å². The van der Waals surface area contributed by atoms with Crippen LogP contribution in [-0.2, 0) is 4.79 Å². The zero-order valence-electron chi connectivity index (χ0n) is 12.7. The lowest BCUT2D eigenvalue weighted by Crippen LogP contribution is -2.48. The average molecular weight is 287 g/mol. The molecule has 1 aliphatic carbocycles. The van der Waals surface area contributed by atoms with Crippen LogP contribution in [-0.4, -0.2) is 34.6 Å². The minimum Gasteiger partial charge on any atom is -0.391 e. The van der Waals surface area contributed by atoms with Gasteiger partial charge < -0.3 is 10.0 Å². The molecule has 0 radical (unpaired) electrons. The van der Waals surface area contributed by atoms with Gasteiger partial charge in [-0.2, -0.15) is 0 Å². The molecule has 1 N–H and O–H groups in total. The first-order chi connectivity index (χ1) is 10.2. The Kier molecular flexibility index (Phi) is 6.00. The molecule has 2 atom stereocenters. The van der Waals surface area contributed by atoms with Gasteiger partial charge in [0, 0.05) is 12.6 Å². The molecule has 0 heterocycles. The van der Waals surface area contributed by atoms with Crippen LogP contribution < -0.4 is 0 Å². The van der Waals surface area contributed by atoms with Crippen LogP contribution in [0.25, 0.3) is 6.08 Å². The van der Waals surface area contributed by atoms with Gasteiger partial charge in [-0.25, -0.2) is 0 Å². The summed E-state index contributed by atoms with van der Waals surface area (Å²) >= 11 is 0. The largest absolute Gasteiger partial charge is 0.391 e. The van der Waals surface area contributed by atoms with Crippen molar-refractivity contribution in [1.82, 2.24) is 4.90 Å². The maximum absolute atomic E-state index is 12.5. The minimum atomic E-state index is -0.376. The summed E-state index contributed by atoms with van der Waals surface area (Å²) in [4.78, 5) is 14.3. The first-order valence-electron chi connectivity index (χ1n) is 7.94. The molecule has 1 aromatic carbocycles. The predicted octanol–water partition coefficient (Wildman–Crippen LogP) is 3.24. The average Bonchev–Trinajstić information content (AvgIpc) is 2.52. The molecule has 0 unspecified atom stereocenters. The van der Waals surface area contributed by atoms with E-state index in [2.05, 4.69) is 6.92 Å². The number of rotatable bonds is 5. The number of hydrogen-bond donors (Lipinski definition) is 1. The number of carbonyl (C=O) groups is 1. The highest BCUT2D eigenvalue weighted by Gasteiger charge is 2.30. The molecule has 1 aliphatic rings. The second kappa shape index (κ2) is 7.99. The zero-order valence-corrected chi connectivity index (χ0v) is 12.7. The Bertz CT molecular complexity index is 469. The second-order valence-corrected chi connectivity index (χ2v) is 5.69. The number of amides is 1. The van der Waals surface area contributed by atoms with Crippen molar-refractivity contribution in [3.63, 3.8) is 0 Å². The normalized spacial score (nSPS) is 22.4. The Hall–Kier alpha value is -1.61. The summed E-state index contributed by atoms with van der Waals surface area (Å²) in [5, 5.41) is 10.2. The minimum absolute atomic E-state index is 0.00616. The van der Waals surface area contributed by atoms with Gasteiger partial charge in [0.2, 0.25) is 5.91 Å². The van der Waals surface area contributed by atoms with Crippen LogP contribution in [0.3, 0.4) is 0 Å². The molecule has 2 rings (SSSR count). The van der Waals surface area contributed by atoms with E-state index < -0.39 is 0 Å². The number of hydrogen-bond acceptors (Lipinski definition) is 2. The van der Waals surface area contributed by atoms with Gasteiger partial charge in [0.05, 0.1) is 12.1 Å². The van der Waals surface area contributed by atoms with Gasteiger partial charge in [-0.05, 0) is 30.9 Å². The van der Waals surface area contributed by atoms with E-state index in [1.54, 1.807) is 6.08 Å². The Morgan fingerprint density at radius 1 is 1.29 bits per heavy atom. The van der Waals surface area contributed by atoms with Gasteiger partial charge in [0.25, 0.3) is 0 Å². The summed E-state index contributed by atoms with van der Waals surface area (Å²) in [7, 11) is 0. The topological polar surface area (TPSA) is 40.5 Å². The Balaban J connectivity index is 2.06. The molecule has 0 bridgehead atoms. The first kappa shape index (κ1) is 15.8. The third-order valence-electron chi connectivity index (χ3n) is 4.06. The summed E-state index contributed by atoms with van der Waals surface area (Å²) in [6, 6.07) is 9.80. The smallest absolute Gasteiger partial charge is 0.246 e. The molecular formula is C18H25NO2. The fraction of sp³-hybridized carbons (Fsp3) is 0.500. The molecular weight excluding hydrogens is 262 g/mol. The van der Waals surface area contributed by atoms with E-state index in [1.165, 1.54) is 0 Å². The van der Waals surface area contributed by atoms with Crippen molar-refractivity contribution in [1.29, 1.82) is 0 Å². The fourth-order valence-electron chi connectivity index (χ4n) is 2.96. The second-order valence-electron chi connectivity index (χ2n) is 5.69. The number of nitrogens with zero attached hydrogens (tertiary/aromatic N) is 1. The van der Waals surface area contributed by atoms with Gasteiger partial charge in [-0.1, -0.05) is 50.1 Å². The maximum atomic E-state index is 12.5. The monoisotopic (exact) mass is 287 g/mol. The highest BCUT2D eigenvalue weighted by Crippen LogP contribution is 2.24. The SMILES string of the molecule is CCCN(C(=O)C=Cc1ccccc1)[C@@H]1CCCC[C@H]1O. The van der Waals surface area contributed by atoms with Gasteiger partial charge in [-0.15, -0.1) is 0 Å². The van der Waals surface area contributed by atoms with Crippen molar-refractivity contribution in [2.45, 2.75) is 51.2 Å². The third-order valence-corrected chi connectivity index (χ3v) is 4.06. The molecule has 114 valence electrons. The van der Waals surface area contributed by atoms with Gasteiger partial charge >= 0.3 is 0 Å². The molecule has 3 heteroatoms. The van der Waals surface area contributed by atoms with E-state index in [1.807, 2.05) is 41.3 Å². The molecule has 0 aliphatic heterocycles. The van der Waals surface area contributed by atoms with Crippen molar-refractivity contribution in [2.75, 3.05) is 6.54 Å². The van der Waals surface area contributed by atoms with E-state index in [-0.39, 0.29) is 18.1 Å². The number of aliphatic hydroxyl groups is 1. The van der Waals surface area contributed by atoms with Crippen LogP contribution in [0.2, 0.25) is 0 Å². The fourth-order valence-corrected chi connectivity index (χ4v) is 2.96. The lowest BCUT2D eigenvalue weighted by Gasteiger charge is -2.37. The van der Waals surface area contributed by atoms with E-state index in [9.17, 15) is 9.90 Å². The number of benzene rings is 1. The van der Waals surface area contributed by atoms with Crippen LogP contribution in [0.15, 0.2) is 36.4 Å². The maximum Gasteiger partial charge on any atom is 0.246 e. The van der Waals surface area contributed by atoms with Crippen LogP contribution in [0.1, 0.15) is 44.6 Å². The summed E-state index contributed by atoms with van der Waals surface area (Å²) in [6.45, 7) is 2.77. The molecule has 0 saturated heterocycles. The van der Waals surface area contributed by atoms with Crippen molar-refractivity contribution in [2.24, 2.45) is 0 Å². The molecule has 1 fully saturated rings. The van der Waals surface area contributed by atoms with E-state index >= 15 is 0 Å². The number of aliphatic hydroxyl groups excluding tert-OH is 1. The molecule has 3 nitrogen and oxygen atoms in total. The van der Waals surface area contributed by atoms with Gasteiger partial charge in [0.1, 0.15) is 0 Å². The zero-order chi connectivity index (χ0) is 15.1. The van der Waals surface area contributed by atoms with Crippen molar-refractivity contribution >= 4 is 12.0 Å². The molecule has 1 aromatic rings. The van der Waals surface area contributed by atoms with Crippen LogP contribution in [0, 0.1) is 0 Å². The lowest BCUT2D eigenvalue weighted by molar-refractivity contribution is -0.132. The van der Waals surface area contributed by atoms with Crippen LogP contribution in [0.5, 0.6) is 0 Å². The van der Waals surface area contributed by atoms with E-state index in [4.69, 9.17) is 0 Å². The molecule has 0 aromatic heterocycles. The standard InChI is InChI=1S/C18H25NO2/c1-2-14-19(16-10-6-7-11-17(16)20)18(21)13-12-15-8-4-3-5-9-15/h3-5,8-9,12-13,16-17,20H,2,6-7,10-11,14H2,1H3/t16-,17-/m1/s1. The van der Waals surface area contributed by atoms with Crippen molar-refractivity contribution in [3.8, 4) is 0 Å². The Morgan fingerprint density at radius 2 is 2.00 bits per heavy atom. The quantitative estimate of drug-likeness (QED) is 0.845. The van der Waals surface area contributed by atoms with Gasteiger partial charge in [-0.3, -0.25) is 4.79 Å². The van der Waals surface area contributed by atoms with E-state index in [0.717, 1.165) is 37.7 Å². The Morgan fingerprint density at radius 3 is 2.67 bits per heavy atom. The summed E-state index contributed by atoms with van der Waals surface area (Å²) in [5.41, 5.74) is 1.02. The molecule has 21 heavy (non-hydrogen) atoms. The summed E-state index contributed by atoms with van der Waals surface area (Å²) in [5.74, 6) is 0.00616. The summed E-state index contributed by atoms with van der Waals surface area (Å²) in [6.07, 6.45) is 7.88. The third kappa shape index (κ3) is 4.43. The van der Waals surface area contributed by atoms with Gasteiger partial charge in [0.15, 0.2) is 0 Å². The van der Waals surface area contributed by atoms with Crippen molar-refractivity contribution < 1.29 is 9.90 Å². The molecule has 1 saturated carbocycles. The highest BCUT2D eigenvalue weighted by molar-refractivity contribution is 5.92.